The molecule has 0 spiro atoms. The third-order valence-corrected chi connectivity index (χ3v) is 3.24. The number of hydrogen-bond donors (Lipinski definition) is 0. The lowest BCUT2D eigenvalue weighted by atomic mass is 10.3. The summed E-state index contributed by atoms with van der Waals surface area (Å²) in [5.41, 5.74) is 0. The molecule has 6 heteroatoms. The molecule has 0 aliphatic carbocycles. The lowest BCUT2D eigenvalue weighted by Gasteiger charge is -2.26. The topological polar surface area (TPSA) is 51.3 Å². The highest BCUT2D eigenvalue weighted by Crippen LogP contribution is 2.18. The smallest absolute Gasteiger partial charge is 0.290 e. The highest BCUT2D eigenvalue weighted by molar-refractivity contribution is 9.10. The molecule has 0 unspecified atom stereocenters. The Morgan fingerprint density at radius 2 is 2.29 bits per heavy atom. The molecule has 0 N–H and O–H groups in total. The van der Waals surface area contributed by atoms with Gasteiger partial charge in [-0.15, -0.1) is 0 Å². The molecule has 0 radical (unpaired) electrons. The summed E-state index contributed by atoms with van der Waals surface area (Å²) >= 11 is 3.19. The number of furan rings is 1. The molecule has 88 valence electrons. The maximum absolute atomic E-state index is 12.1. The predicted molar refractivity (Wildman–Crippen MR) is 63.4 cm³/mol. The zero-order valence-electron chi connectivity index (χ0n) is 8.97. The molecular weight excluding hydrogens is 286 g/mol. The molecule has 3 rings (SSSR count). The summed E-state index contributed by atoms with van der Waals surface area (Å²) in [7, 11) is 0. The van der Waals surface area contributed by atoms with E-state index in [9.17, 15) is 4.79 Å². The maximum atomic E-state index is 12.1. The van der Waals surface area contributed by atoms with Crippen molar-refractivity contribution in [3.8, 4) is 0 Å². The number of fused-ring (bicyclic) bond motifs is 1. The summed E-state index contributed by atoms with van der Waals surface area (Å²) in [6, 6.07) is 3.39. The van der Waals surface area contributed by atoms with Crippen molar-refractivity contribution in [1.29, 1.82) is 0 Å². The molecule has 0 fully saturated rings. The van der Waals surface area contributed by atoms with Crippen LogP contribution in [-0.4, -0.2) is 26.9 Å². The van der Waals surface area contributed by atoms with E-state index >= 15 is 0 Å². The molecule has 0 atom stereocenters. The Labute approximate surface area is 106 Å². The van der Waals surface area contributed by atoms with E-state index in [0.717, 1.165) is 12.4 Å². The normalized spacial score (nSPS) is 14.8. The van der Waals surface area contributed by atoms with E-state index < -0.39 is 0 Å². The number of imidazole rings is 1. The van der Waals surface area contributed by atoms with Gasteiger partial charge in [-0.3, -0.25) is 4.79 Å². The van der Waals surface area contributed by atoms with Gasteiger partial charge in [-0.1, -0.05) is 0 Å². The number of aromatic nitrogens is 2. The maximum Gasteiger partial charge on any atom is 0.290 e. The highest BCUT2D eigenvalue weighted by Gasteiger charge is 2.24. The summed E-state index contributed by atoms with van der Waals surface area (Å²) in [5.74, 6) is 1.18. The number of nitrogens with zero attached hydrogens (tertiary/aromatic N) is 3. The van der Waals surface area contributed by atoms with Crippen molar-refractivity contribution in [2.75, 3.05) is 6.54 Å². The Morgan fingerprint density at radius 1 is 1.41 bits per heavy atom. The fourth-order valence-electron chi connectivity index (χ4n) is 1.93. The minimum Gasteiger partial charge on any atom is -0.444 e. The third kappa shape index (κ3) is 1.88. The minimum atomic E-state index is -0.0926. The van der Waals surface area contributed by atoms with Gasteiger partial charge < -0.3 is 13.9 Å². The first kappa shape index (κ1) is 10.6. The molecule has 2 aromatic heterocycles. The Kier molecular flexibility index (Phi) is 2.51. The Balaban J connectivity index is 1.81. The number of amides is 1. The summed E-state index contributed by atoms with van der Waals surface area (Å²) in [5, 5.41) is 0. The van der Waals surface area contributed by atoms with Gasteiger partial charge >= 0.3 is 0 Å². The molecule has 0 saturated carbocycles. The van der Waals surface area contributed by atoms with Crippen LogP contribution in [0.4, 0.5) is 0 Å². The van der Waals surface area contributed by atoms with E-state index in [1.807, 2.05) is 6.20 Å². The van der Waals surface area contributed by atoms with Gasteiger partial charge in [-0.25, -0.2) is 4.98 Å². The molecular formula is C11H10BrN3O2. The first-order chi connectivity index (χ1) is 8.24. The van der Waals surface area contributed by atoms with Crippen molar-refractivity contribution >= 4 is 21.8 Å². The Hall–Kier alpha value is -1.56. The van der Waals surface area contributed by atoms with Crippen LogP contribution in [0.2, 0.25) is 0 Å². The van der Waals surface area contributed by atoms with Gasteiger partial charge in [0, 0.05) is 25.5 Å². The van der Waals surface area contributed by atoms with Crippen molar-refractivity contribution in [3.63, 3.8) is 0 Å². The second-order valence-corrected chi connectivity index (χ2v) is 4.65. The molecule has 2 aromatic rings. The van der Waals surface area contributed by atoms with Crippen LogP contribution in [0.25, 0.3) is 0 Å². The van der Waals surface area contributed by atoms with Gasteiger partial charge in [0.25, 0.3) is 5.91 Å². The summed E-state index contributed by atoms with van der Waals surface area (Å²) in [6.07, 6.45) is 3.69. The van der Waals surface area contributed by atoms with Gasteiger partial charge in [0.1, 0.15) is 5.82 Å². The van der Waals surface area contributed by atoms with Crippen molar-refractivity contribution in [1.82, 2.24) is 14.5 Å². The average Bonchev–Trinajstić information content (AvgIpc) is 2.95. The number of halogens is 1. The van der Waals surface area contributed by atoms with E-state index in [4.69, 9.17) is 4.42 Å². The van der Waals surface area contributed by atoms with E-state index in [0.29, 0.717) is 23.5 Å². The standard InChI is InChI=1S/C11H10BrN3O2/c12-9-2-1-8(17-9)11(16)15-6-5-14-4-3-13-10(14)7-15/h1-4H,5-7H2. The minimum absolute atomic E-state index is 0.0926. The van der Waals surface area contributed by atoms with E-state index in [2.05, 4.69) is 25.5 Å². The molecule has 3 heterocycles. The third-order valence-electron chi connectivity index (χ3n) is 2.82. The van der Waals surface area contributed by atoms with Gasteiger partial charge in [0.2, 0.25) is 0 Å². The molecule has 5 nitrogen and oxygen atoms in total. The lowest BCUT2D eigenvalue weighted by molar-refractivity contribution is 0.0673. The molecule has 0 saturated heterocycles. The van der Waals surface area contributed by atoms with Crippen LogP contribution in [0, 0.1) is 0 Å². The molecule has 1 aliphatic heterocycles. The molecule has 1 amide bonds. The zero-order valence-corrected chi connectivity index (χ0v) is 10.6. The van der Waals surface area contributed by atoms with E-state index in [1.54, 1.807) is 23.2 Å². The quantitative estimate of drug-likeness (QED) is 0.807. The van der Waals surface area contributed by atoms with Crippen LogP contribution < -0.4 is 0 Å². The van der Waals surface area contributed by atoms with Crippen LogP contribution >= 0.6 is 15.9 Å². The molecule has 17 heavy (non-hydrogen) atoms. The zero-order chi connectivity index (χ0) is 11.8. The van der Waals surface area contributed by atoms with E-state index in [1.165, 1.54) is 0 Å². The van der Waals surface area contributed by atoms with E-state index in [-0.39, 0.29) is 5.91 Å². The van der Waals surface area contributed by atoms with Crippen LogP contribution in [0.1, 0.15) is 16.4 Å². The Bertz CT molecular complexity index is 561. The first-order valence-electron chi connectivity index (χ1n) is 5.28. The second kappa shape index (κ2) is 4.03. The van der Waals surface area contributed by atoms with Crippen molar-refractivity contribution in [3.05, 3.63) is 40.8 Å². The van der Waals surface area contributed by atoms with Gasteiger partial charge in [0.05, 0.1) is 6.54 Å². The molecule has 1 aliphatic rings. The largest absolute Gasteiger partial charge is 0.444 e. The second-order valence-electron chi connectivity index (χ2n) is 3.87. The van der Waals surface area contributed by atoms with Crippen LogP contribution in [0.15, 0.2) is 33.6 Å². The Morgan fingerprint density at radius 3 is 3.06 bits per heavy atom. The highest BCUT2D eigenvalue weighted by atomic mass is 79.9. The van der Waals surface area contributed by atoms with Crippen LogP contribution in [-0.2, 0) is 13.1 Å². The van der Waals surface area contributed by atoms with Gasteiger partial charge in [-0.05, 0) is 28.1 Å². The summed E-state index contributed by atoms with van der Waals surface area (Å²) in [4.78, 5) is 18.1. The summed E-state index contributed by atoms with van der Waals surface area (Å²) in [6.45, 7) is 1.99. The van der Waals surface area contributed by atoms with Crippen molar-refractivity contribution in [2.24, 2.45) is 0 Å². The number of hydrogen-bond acceptors (Lipinski definition) is 3. The number of rotatable bonds is 1. The average molecular weight is 296 g/mol. The fraction of sp³-hybridized carbons (Fsp3) is 0.273. The lowest BCUT2D eigenvalue weighted by Crippen LogP contribution is -2.38. The summed E-state index contributed by atoms with van der Waals surface area (Å²) < 4.78 is 7.89. The van der Waals surface area contributed by atoms with Crippen LogP contribution in [0.3, 0.4) is 0 Å². The fourth-order valence-corrected chi connectivity index (χ4v) is 2.24. The number of carbonyl (C=O) groups is 1. The first-order valence-corrected chi connectivity index (χ1v) is 6.08. The van der Waals surface area contributed by atoms with Crippen molar-refractivity contribution in [2.45, 2.75) is 13.1 Å². The molecule has 0 bridgehead atoms. The van der Waals surface area contributed by atoms with Crippen LogP contribution in [0.5, 0.6) is 0 Å². The number of carbonyl (C=O) groups excluding carboxylic acids is 1. The predicted octanol–water partition coefficient (Wildman–Crippen LogP) is 1.89. The van der Waals surface area contributed by atoms with Crippen molar-refractivity contribution < 1.29 is 9.21 Å². The SMILES string of the molecule is O=C(c1ccc(Br)o1)N1CCn2ccnc2C1. The monoisotopic (exact) mass is 295 g/mol. The van der Waals surface area contributed by atoms with Gasteiger partial charge in [-0.2, -0.15) is 0 Å². The molecule has 0 aromatic carbocycles. The van der Waals surface area contributed by atoms with Gasteiger partial charge in [0.15, 0.2) is 10.4 Å².